The average molecular weight is 922 g/mol. The van der Waals surface area contributed by atoms with Crippen LogP contribution in [0.15, 0.2) is 66.3 Å². The van der Waals surface area contributed by atoms with Gasteiger partial charge in [0.25, 0.3) is 0 Å². The van der Waals surface area contributed by atoms with E-state index in [-0.39, 0.29) is 86.0 Å². The molecule has 3 atom stereocenters. The first-order valence-electron chi connectivity index (χ1n) is 22.3. The van der Waals surface area contributed by atoms with E-state index in [0.29, 0.717) is 47.7 Å². The molecule has 6 rings (SSSR count). The van der Waals surface area contributed by atoms with E-state index in [2.05, 4.69) is 31.2 Å². The van der Waals surface area contributed by atoms with Crippen molar-refractivity contribution in [2.75, 3.05) is 29.9 Å². The fraction of sp³-hybridized carbons (Fsp3) is 0.408. The van der Waals surface area contributed by atoms with E-state index in [9.17, 15) is 29.1 Å². The number of rotatable bonds is 18. The zero-order valence-electron chi connectivity index (χ0n) is 38.1. The fourth-order valence-electron chi connectivity index (χ4n) is 8.05. The number of hydrogen-bond donors (Lipinski definition) is 7. The summed E-state index contributed by atoms with van der Waals surface area (Å²) >= 11 is 1.57. The van der Waals surface area contributed by atoms with Crippen LogP contribution in [-0.4, -0.2) is 80.8 Å². The lowest BCUT2D eigenvalue weighted by molar-refractivity contribution is -0.144. The summed E-state index contributed by atoms with van der Waals surface area (Å²) in [6.07, 6.45) is 3.58. The summed E-state index contributed by atoms with van der Waals surface area (Å²) in [5.41, 5.74) is 18.3. The molecule has 3 heterocycles. The summed E-state index contributed by atoms with van der Waals surface area (Å²) in [5.74, 6) is -1.98. The number of carbonyl (C=O) groups excluding carboxylic acids is 5. The van der Waals surface area contributed by atoms with E-state index in [4.69, 9.17) is 11.5 Å². The monoisotopic (exact) mass is 921 g/mol. The van der Waals surface area contributed by atoms with Gasteiger partial charge in [-0.1, -0.05) is 70.0 Å². The molecule has 0 radical (unpaired) electrons. The number of anilines is 3. The number of thiazole rings is 1. The lowest BCUT2D eigenvalue weighted by Crippen LogP contribution is -2.57. The van der Waals surface area contributed by atoms with E-state index in [1.807, 2.05) is 52.0 Å². The number of carbonyl (C=O) groups is 5. The quantitative estimate of drug-likeness (QED) is 0.0370. The van der Waals surface area contributed by atoms with Crippen molar-refractivity contribution in [2.45, 2.75) is 111 Å². The van der Waals surface area contributed by atoms with Crippen molar-refractivity contribution >= 4 is 68.8 Å². The molecule has 15 nitrogen and oxygen atoms in total. The molecule has 350 valence electrons. The number of halogens is 1. The van der Waals surface area contributed by atoms with Crippen molar-refractivity contribution < 1.29 is 33.5 Å². The number of amides is 5. The topological polar surface area (TPSA) is 235 Å². The summed E-state index contributed by atoms with van der Waals surface area (Å²) in [7, 11) is 0. The van der Waals surface area contributed by atoms with Crippen LogP contribution in [0.5, 0.6) is 0 Å². The van der Waals surface area contributed by atoms with Gasteiger partial charge < -0.3 is 42.7 Å². The van der Waals surface area contributed by atoms with Crippen LogP contribution in [0.4, 0.5) is 21.6 Å². The van der Waals surface area contributed by atoms with E-state index in [0.717, 1.165) is 27.3 Å². The number of unbranched alkanes of at least 4 members (excludes halogenated alkanes) is 3. The molecule has 1 aliphatic heterocycles. The Labute approximate surface area is 388 Å². The molecule has 0 spiro atoms. The highest BCUT2D eigenvalue weighted by Gasteiger charge is 2.44. The molecule has 1 saturated heterocycles. The Hall–Kier alpha value is -6.46. The molecule has 2 aromatic heterocycles. The van der Waals surface area contributed by atoms with E-state index in [1.54, 1.807) is 54.1 Å². The molecule has 17 heteroatoms. The third-order valence-corrected chi connectivity index (χ3v) is 12.9. The normalized spacial score (nSPS) is 15.3. The number of β-amino-alcohol motifs (C(OH)–C–C–N with tert-alkyl or cyclic N) is 1. The average Bonchev–Trinajstić information content (AvgIpc) is 3.90. The molecule has 66 heavy (non-hydrogen) atoms. The van der Waals surface area contributed by atoms with Crippen molar-refractivity contribution in [3.05, 3.63) is 88.9 Å². The number of nitrogens with one attached hydrogen (secondary N) is 4. The SMILES string of the molecule is Cc1ncsc1-c1ccc(CNC(=O)[C@@H]2C[C@@H](O)CN2C(=O)[C@@H](NC(=O)CCCCCCC(=O)NCCC(=O)Nc2cc3cc(-c4cccc(N)c4C)c(F)c(N)c3cn2)C(C)(C)C)cc1. The van der Waals surface area contributed by atoms with Gasteiger partial charge in [-0.15, -0.1) is 11.3 Å². The number of nitrogen functional groups attached to an aromatic ring is 2. The van der Waals surface area contributed by atoms with Crippen LogP contribution in [0.25, 0.3) is 32.3 Å². The summed E-state index contributed by atoms with van der Waals surface area (Å²) in [6, 6.07) is 14.5. The number of aryl methyl sites for hydroxylation is 1. The molecule has 3 aromatic carbocycles. The molecule has 5 aromatic rings. The number of aliphatic hydroxyl groups is 1. The lowest BCUT2D eigenvalue weighted by atomic mass is 9.85. The highest BCUT2D eigenvalue weighted by molar-refractivity contribution is 7.13. The maximum Gasteiger partial charge on any atom is 0.246 e. The van der Waals surface area contributed by atoms with Gasteiger partial charge in [0.1, 0.15) is 17.9 Å². The number of benzene rings is 3. The molecule has 1 aliphatic rings. The molecule has 0 unspecified atom stereocenters. The Morgan fingerprint density at radius 2 is 1.61 bits per heavy atom. The van der Waals surface area contributed by atoms with Gasteiger partial charge in [-0.3, -0.25) is 24.0 Å². The Bertz CT molecular complexity index is 2580. The van der Waals surface area contributed by atoms with Crippen molar-refractivity contribution in [3.8, 4) is 21.6 Å². The second-order valence-electron chi connectivity index (χ2n) is 18.0. The van der Waals surface area contributed by atoms with Crippen LogP contribution >= 0.6 is 11.3 Å². The maximum atomic E-state index is 15.3. The third-order valence-electron chi connectivity index (χ3n) is 11.9. The van der Waals surface area contributed by atoms with Gasteiger partial charge in [-0.05, 0) is 77.9 Å². The van der Waals surface area contributed by atoms with Crippen LogP contribution in [0.2, 0.25) is 0 Å². The van der Waals surface area contributed by atoms with Crippen molar-refractivity contribution in [3.63, 3.8) is 0 Å². The lowest BCUT2D eigenvalue weighted by Gasteiger charge is -2.35. The zero-order chi connectivity index (χ0) is 47.7. The van der Waals surface area contributed by atoms with Gasteiger partial charge in [0.15, 0.2) is 5.82 Å². The van der Waals surface area contributed by atoms with Crippen LogP contribution in [0.1, 0.15) is 89.0 Å². The number of fused-ring (bicyclic) bond motifs is 1. The second kappa shape index (κ2) is 21.7. The third kappa shape index (κ3) is 12.2. The fourth-order valence-corrected chi connectivity index (χ4v) is 8.87. The summed E-state index contributed by atoms with van der Waals surface area (Å²) < 4.78 is 15.3. The zero-order valence-corrected chi connectivity index (χ0v) is 38.9. The maximum absolute atomic E-state index is 15.3. The number of likely N-dealkylation sites (tertiary alicyclic amines) is 1. The molecule has 0 saturated carbocycles. The summed E-state index contributed by atoms with van der Waals surface area (Å²) in [6.45, 7) is 9.65. The standard InChI is InChI=1S/C49H60FN9O6S/c1-28-34(11-10-12-37(28)51)35-21-32-22-39(54-25-36(32)44(52)43(35)50)57-42(63)19-20-53-40(61)13-8-6-7-9-14-41(62)58-46(49(3,4)5)48(65)59-26-33(60)23-38(59)47(64)55-24-30-15-17-31(18-16-30)45-29(2)56-27-66-45/h10-12,15-18,21-22,25,27,33,38,46,60H,6-9,13-14,19-20,23-24,26,51-52H2,1-5H3,(H,53,61)(H,55,64)(H,58,62)(H,54,57,63)/t33-,38+,46-/m1/s1. The van der Waals surface area contributed by atoms with E-state index in [1.165, 1.54) is 11.1 Å². The molecule has 1 fully saturated rings. The van der Waals surface area contributed by atoms with Gasteiger partial charge >= 0.3 is 0 Å². The minimum Gasteiger partial charge on any atom is -0.398 e. The van der Waals surface area contributed by atoms with Gasteiger partial charge in [-0.25, -0.2) is 14.4 Å². The first-order chi connectivity index (χ1) is 31.4. The number of nitrogens with two attached hydrogens (primary N) is 2. The predicted molar refractivity (Wildman–Crippen MR) is 256 cm³/mol. The van der Waals surface area contributed by atoms with Gasteiger partial charge in [-0.2, -0.15) is 0 Å². The predicted octanol–water partition coefficient (Wildman–Crippen LogP) is 6.54. The highest BCUT2D eigenvalue weighted by Crippen LogP contribution is 2.37. The first kappa shape index (κ1) is 49.0. The molecule has 9 N–H and O–H groups in total. The van der Waals surface area contributed by atoms with Gasteiger partial charge in [0.05, 0.1) is 27.9 Å². The summed E-state index contributed by atoms with van der Waals surface area (Å²) in [5, 5.41) is 22.9. The number of aliphatic hydroxyl groups excluding tert-OH is 1. The Kier molecular flexibility index (Phi) is 16.1. The van der Waals surface area contributed by atoms with Gasteiger partial charge in [0, 0.05) is 68.2 Å². The van der Waals surface area contributed by atoms with E-state index < -0.39 is 35.3 Å². The Morgan fingerprint density at radius 3 is 2.29 bits per heavy atom. The second-order valence-corrected chi connectivity index (χ2v) is 18.8. The highest BCUT2D eigenvalue weighted by atomic mass is 32.1. The number of aromatic nitrogens is 2. The summed E-state index contributed by atoms with van der Waals surface area (Å²) in [4.78, 5) is 76.8. The molecule has 0 aliphatic carbocycles. The minimum absolute atomic E-state index is 0.00812. The van der Waals surface area contributed by atoms with Crippen molar-refractivity contribution in [1.29, 1.82) is 0 Å². The minimum atomic E-state index is -0.925. The number of pyridine rings is 1. The molecular weight excluding hydrogens is 862 g/mol. The van der Waals surface area contributed by atoms with Crippen LogP contribution in [0, 0.1) is 25.1 Å². The van der Waals surface area contributed by atoms with Crippen molar-refractivity contribution in [1.82, 2.24) is 30.8 Å². The van der Waals surface area contributed by atoms with E-state index >= 15 is 4.39 Å². The van der Waals surface area contributed by atoms with Gasteiger partial charge in [0.2, 0.25) is 29.5 Å². The number of nitrogens with zero attached hydrogens (tertiary/aromatic N) is 3. The first-order valence-corrected chi connectivity index (χ1v) is 23.1. The molecule has 0 bridgehead atoms. The Morgan fingerprint density at radius 1 is 0.894 bits per heavy atom. The molecular formula is C49H60FN9O6S. The Balaban J connectivity index is 0.889. The smallest absolute Gasteiger partial charge is 0.246 e. The molecule has 5 amide bonds. The van der Waals surface area contributed by atoms with Crippen molar-refractivity contribution in [2.24, 2.45) is 5.41 Å². The largest absolute Gasteiger partial charge is 0.398 e. The van der Waals surface area contributed by atoms with Crippen LogP contribution in [-0.2, 0) is 30.5 Å². The van der Waals surface area contributed by atoms with Crippen LogP contribution < -0.4 is 32.7 Å². The van der Waals surface area contributed by atoms with Crippen LogP contribution in [0.3, 0.4) is 0 Å². The number of hydrogen-bond acceptors (Lipinski definition) is 11.